The summed E-state index contributed by atoms with van der Waals surface area (Å²) in [6.07, 6.45) is 0.469. The normalized spacial score (nSPS) is 12.5. The van der Waals surface area contributed by atoms with Gasteiger partial charge in [-0.1, -0.05) is 12.1 Å². The lowest BCUT2D eigenvalue weighted by molar-refractivity contribution is -0.109. The summed E-state index contributed by atoms with van der Waals surface area (Å²) in [5, 5.41) is 8.68. The number of hydrogen-bond donors (Lipinski definition) is 2. The van der Waals surface area contributed by atoms with Crippen molar-refractivity contribution < 1.29 is 14.3 Å². The Morgan fingerprint density at radius 2 is 2.31 bits per heavy atom. The maximum Gasteiger partial charge on any atom is 0.141 e. The summed E-state index contributed by atoms with van der Waals surface area (Å²) in [4.78, 5) is 10.3. The fourth-order valence-electron chi connectivity index (χ4n) is 1.01. The quantitative estimate of drug-likeness (QED) is 0.671. The highest BCUT2D eigenvalue weighted by Gasteiger charge is 2.10. The smallest absolute Gasteiger partial charge is 0.141 e. The van der Waals surface area contributed by atoms with E-state index in [2.05, 4.69) is 0 Å². The average molecular weight is 183 g/mol. The molecule has 1 rings (SSSR count). The van der Waals surface area contributed by atoms with E-state index < -0.39 is 11.9 Å². The van der Waals surface area contributed by atoms with E-state index in [1.54, 1.807) is 0 Å². The zero-order chi connectivity index (χ0) is 9.84. The van der Waals surface area contributed by atoms with Crippen molar-refractivity contribution in [3.05, 3.63) is 35.1 Å². The van der Waals surface area contributed by atoms with Gasteiger partial charge in [0.05, 0.1) is 12.6 Å². The fraction of sp³-hybridized carbons (Fsp3) is 0.222. The summed E-state index contributed by atoms with van der Waals surface area (Å²) >= 11 is 0. The van der Waals surface area contributed by atoms with Crippen LogP contribution in [-0.2, 0) is 11.4 Å². The number of halogens is 1. The second-order valence-electron chi connectivity index (χ2n) is 2.68. The average Bonchev–Trinajstić information content (AvgIpc) is 2.16. The molecule has 3 N–H and O–H groups in total. The number of hydrogen-bond acceptors (Lipinski definition) is 3. The Morgan fingerprint density at radius 3 is 2.77 bits per heavy atom. The molecule has 0 spiro atoms. The molecule has 0 bridgehead atoms. The number of aliphatic hydroxyl groups is 1. The first-order valence-electron chi connectivity index (χ1n) is 3.79. The highest BCUT2D eigenvalue weighted by Crippen LogP contribution is 2.15. The first-order chi connectivity index (χ1) is 6.19. The Morgan fingerprint density at radius 1 is 1.62 bits per heavy atom. The highest BCUT2D eigenvalue weighted by molar-refractivity contribution is 5.61. The van der Waals surface area contributed by atoms with Crippen molar-refractivity contribution in [2.24, 2.45) is 5.73 Å². The summed E-state index contributed by atoms with van der Waals surface area (Å²) in [5.41, 5.74) is 5.92. The lowest BCUT2D eigenvalue weighted by Crippen LogP contribution is -2.13. The minimum absolute atomic E-state index is 0.146. The minimum Gasteiger partial charge on any atom is -0.392 e. The predicted octanol–water partition coefficient (Wildman–Crippen LogP) is 0.517. The first-order valence-corrected chi connectivity index (χ1v) is 3.79. The van der Waals surface area contributed by atoms with Crippen LogP contribution in [0, 0.1) is 5.82 Å². The van der Waals surface area contributed by atoms with Crippen LogP contribution < -0.4 is 5.73 Å². The lowest BCUT2D eigenvalue weighted by Gasteiger charge is -2.06. The Labute approximate surface area is 75.0 Å². The number of carbonyl (C=O) groups is 1. The molecular weight excluding hydrogens is 173 g/mol. The van der Waals surface area contributed by atoms with Crippen molar-refractivity contribution in [1.82, 2.24) is 0 Å². The van der Waals surface area contributed by atoms with E-state index in [-0.39, 0.29) is 12.2 Å². The molecule has 3 nitrogen and oxygen atoms in total. The van der Waals surface area contributed by atoms with Crippen LogP contribution in [0.2, 0.25) is 0 Å². The van der Waals surface area contributed by atoms with Crippen LogP contribution in [-0.4, -0.2) is 11.4 Å². The Hall–Kier alpha value is -1.26. The van der Waals surface area contributed by atoms with E-state index in [0.29, 0.717) is 11.8 Å². The van der Waals surface area contributed by atoms with Crippen molar-refractivity contribution >= 4 is 6.29 Å². The Bertz CT molecular complexity index is 314. The zero-order valence-corrected chi connectivity index (χ0v) is 6.90. The molecule has 13 heavy (non-hydrogen) atoms. The number of nitrogens with two attached hydrogens (primary N) is 1. The maximum atomic E-state index is 13.1. The summed E-state index contributed by atoms with van der Waals surface area (Å²) in [5.74, 6) is -0.564. The van der Waals surface area contributed by atoms with Gasteiger partial charge in [-0.2, -0.15) is 0 Å². The maximum absolute atomic E-state index is 13.1. The minimum atomic E-state index is -0.937. The second kappa shape index (κ2) is 4.11. The van der Waals surface area contributed by atoms with Gasteiger partial charge in [0, 0.05) is 5.56 Å². The van der Waals surface area contributed by atoms with E-state index in [4.69, 9.17) is 10.8 Å². The molecule has 0 aromatic heterocycles. The number of aliphatic hydroxyl groups excluding tert-OH is 1. The largest absolute Gasteiger partial charge is 0.392 e. The molecule has 1 atom stereocenters. The molecule has 0 aliphatic rings. The van der Waals surface area contributed by atoms with Crippen molar-refractivity contribution in [1.29, 1.82) is 0 Å². The molecular formula is C9H10FNO2. The number of carbonyl (C=O) groups excluding carboxylic acids is 1. The van der Waals surface area contributed by atoms with Crippen LogP contribution in [0.1, 0.15) is 17.2 Å². The van der Waals surface area contributed by atoms with Gasteiger partial charge >= 0.3 is 0 Å². The zero-order valence-electron chi connectivity index (χ0n) is 6.90. The van der Waals surface area contributed by atoms with Gasteiger partial charge in [0.15, 0.2) is 0 Å². The molecule has 0 fully saturated rings. The van der Waals surface area contributed by atoms with Crippen LogP contribution in [0.25, 0.3) is 0 Å². The number of aldehydes is 1. The summed E-state index contributed by atoms with van der Waals surface area (Å²) in [6.45, 7) is -0.229. The predicted molar refractivity (Wildman–Crippen MR) is 45.3 cm³/mol. The van der Waals surface area contributed by atoms with E-state index in [9.17, 15) is 9.18 Å². The van der Waals surface area contributed by atoms with Crippen molar-refractivity contribution in [2.75, 3.05) is 0 Å². The van der Waals surface area contributed by atoms with Crippen LogP contribution in [0.15, 0.2) is 18.2 Å². The van der Waals surface area contributed by atoms with Crippen LogP contribution in [0.3, 0.4) is 0 Å². The Kier molecular flexibility index (Phi) is 3.11. The second-order valence-corrected chi connectivity index (χ2v) is 2.68. The number of rotatable bonds is 3. The summed E-state index contributed by atoms with van der Waals surface area (Å²) < 4.78 is 13.1. The third kappa shape index (κ3) is 2.11. The van der Waals surface area contributed by atoms with Crippen LogP contribution in [0.5, 0.6) is 0 Å². The molecule has 4 heteroatoms. The molecule has 1 unspecified atom stereocenters. The standard InChI is InChI=1S/C9H10FNO2/c10-8-3-6(4-12)1-2-7(8)9(11)5-13/h1-3,5,9,12H,4,11H2. The van der Waals surface area contributed by atoms with Gasteiger partial charge in [0.2, 0.25) is 0 Å². The molecule has 1 aromatic carbocycles. The topological polar surface area (TPSA) is 63.3 Å². The molecule has 70 valence electrons. The molecule has 0 radical (unpaired) electrons. The van der Waals surface area contributed by atoms with Crippen molar-refractivity contribution in [3.8, 4) is 0 Å². The van der Waals surface area contributed by atoms with E-state index >= 15 is 0 Å². The van der Waals surface area contributed by atoms with Crippen LogP contribution >= 0.6 is 0 Å². The van der Waals surface area contributed by atoms with Gasteiger partial charge in [-0.3, -0.25) is 0 Å². The molecule has 0 saturated heterocycles. The van der Waals surface area contributed by atoms with Gasteiger partial charge in [0.1, 0.15) is 12.1 Å². The SMILES string of the molecule is NC(C=O)c1ccc(CO)cc1F. The monoisotopic (exact) mass is 183 g/mol. The summed E-state index contributed by atoms with van der Waals surface area (Å²) in [7, 11) is 0. The molecule has 0 saturated carbocycles. The van der Waals surface area contributed by atoms with Crippen LogP contribution in [0.4, 0.5) is 4.39 Å². The number of benzene rings is 1. The van der Waals surface area contributed by atoms with E-state index in [1.807, 2.05) is 0 Å². The molecule has 0 amide bonds. The van der Waals surface area contributed by atoms with Gasteiger partial charge in [-0.15, -0.1) is 0 Å². The van der Waals surface area contributed by atoms with Crippen molar-refractivity contribution in [3.63, 3.8) is 0 Å². The molecule has 0 aliphatic heterocycles. The molecule has 1 aromatic rings. The van der Waals surface area contributed by atoms with Gasteiger partial charge in [0.25, 0.3) is 0 Å². The van der Waals surface area contributed by atoms with E-state index in [0.717, 1.165) is 0 Å². The summed E-state index contributed by atoms with van der Waals surface area (Å²) in [6, 6.07) is 3.16. The molecule has 0 aliphatic carbocycles. The van der Waals surface area contributed by atoms with Gasteiger partial charge in [-0.05, 0) is 11.6 Å². The van der Waals surface area contributed by atoms with Gasteiger partial charge in [-0.25, -0.2) is 4.39 Å². The van der Waals surface area contributed by atoms with Gasteiger partial charge < -0.3 is 15.6 Å². The Balaban J connectivity index is 3.04. The van der Waals surface area contributed by atoms with Crippen molar-refractivity contribution in [2.45, 2.75) is 12.6 Å². The highest BCUT2D eigenvalue weighted by atomic mass is 19.1. The fourth-order valence-corrected chi connectivity index (χ4v) is 1.01. The first kappa shape index (κ1) is 9.83. The van der Waals surface area contributed by atoms with E-state index in [1.165, 1.54) is 18.2 Å². The third-order valence-electron chi connectivity index (χ3n) is 1.75. The third-order valence-corrected chi connectivity index (χ3v) is 1.75. The molecule has 0 heterocycles. The lowest BCUT2D eigenvalue weighted by atomic mass is 10.1.